The second-order valence-electron chi connectivity index (χ2n) is 5.81. The van der Waals surface area contributed by atoms with Crippen molar-refractivity contribution >= 4 is 39.8 Å². The van der Waals surface area contributed by atoms with Crippen molar-refractivity contribution in [3.8, 4) is 0 Å². The Balaban J connectivity index is 1.73. The molecular weight excluding hydrogens is 360 g/mol. The van der Waals surface area contributed by atoms with Gasteiger partial charge in [-0.05, 0) is 25.3 Å². The molecule has 1 aliphatic carbocycles. The average molecular weight is 378 g/mol. The number of anilines is 1. The molecule has 1 saturated carbocycles. The summed E-state index contributed by atoms with van der Waals surface area (Å²) in [6, 6.07) is 6.87. The first-order valence-electron chi connectivity index (χ1n) is 8.06. The number of benzene rings is 1. The van der Waals surface area contributed by atoms with E-state index in [9.17, 15) is 14.9 Å². The number of rotatable bonds is 7. The van der Waals surface area contributed by atoms with E-state index in [0.717, 1.165) is 22.7 Å². The topological polar surface area (TPSA) is 89.2 Å². The molecule has 0 saturated heterocycles. The normalized spacial score (nSPS) is 15.0. The Bertz CT molecular complexity index is 791. The van der Waals surface area contributed by atoms with Crippen LogP contribution in [-0.4, -0.2) is 27.1 Å². The summed E-state index contributed by atoms with van der Waals surface area (Å²) < 4.78 is 0.753. The fraction of sp³-hybridized carbons (Fsp3) is 0.438. The highest BCUT2D eigenvalue weighted by Gasteiger charge is 2.35. The van der Waals surface area contributed by atoms with Crippen LogP contribution in [0, 0.1) is 10.1 Å². The number of nitro groups is 1. The Morgan fingerprint density at radius 3 is 2.88 bits per heavy atom. The van der Waals surface area contributed by atoms with Crippen LogP contribution in [0.15, 0.2) is 28.6 Å². The highest BCUT2D eigenvalue weighted by Crippen LogP contribution is 2.41. The largest absolute Gasteiger partial charge is 0.284 e. The van der Waals surface area contributed by atoms with E-state index < -0.39 is 4.92 Å². The minimum absolute atomic E-state index is 0.00282. The fourth-order valence-corrected chi connectivity index (χ4v) is 4.62. The van der Waals surface area contributed by atoms with Crippen molar-refractivity contribution in [1.29, 1.82) is 0 Å². The van der Waals surface area contributed by atoms with E-state index in [2.05, 4.69) is 10.2 Å². The van der Waals surface area contributed by atoms with Crippen molar-refractivity contribution in [2.45, 2.75) is 48.7 Å². The van der Waals surface area contributed by atoms with Crippen LogP contribution in [0.5, 0.6) is 0 Å². The smallest absolute Gasteiger partial charge is 0.269 e. The fourth-order valence-electron chi connectivity index (χ4n) is 2.43. The SMILES string of the molecule is CCC(=O)N(c1nnc(S[C@H](C)c2cccc([N+](=O)[O-])c2)s1)C1CC1. The second-order valence-corrected chi connectivity index (χ2v) is 8.36. The first-order valence-corrected chi connectivity index (χ1v) is 9.75. The minimum Gasteiger partial charge on any atom is -0.284 e. The number of nitro benzene ring substituents is 1. The summed E-state index contributed by atoms with van der Waals surface area (Å²) in [5.41, 5.74) is 0.941. The van der Waals surface area contributed by atoms with E-state index in [0.29, 0.717) is 11.6 Å². The molecule has 3 rings (SSSR count). The molecule has 7 nitrogen and oxygen atoms in total. The van der Waals surface area contributed by atoms with Gasteiger partial charge >= 0.3 is 0 Å². The molecule has 1 amide bonds. The molecule has 0 N–H and O–H groups in total. The third-order valence-electron chi connectivity index (χ3n) is 3.91. The van der Waals surface area contributed by atoms with Gasteiger partial charge in [-0.1, -0.05) is 42.2 Å². The van der Waals surface area contributed by atoms with Crippen molar-refractivity contribution in [1.82, 2.24) is 10.2 Å². The zero-order valence-corrected chi connectivity index (χ0v) is 15.5. The van der Waals surface area contributed by atoms with Crippen molar-refractivity contribution in [2.75, 3.05) is 4.90 Å². The summed E-state index contributed by atoms with van der Waals surface area (Å²) in [5, 5.41) is 19.9. The number of hydrogen-bond donors (Lipinski definition) is 0. The zero-order chi connectivity index (χ0) is 18.0. The Hall–Kier alpha value is -2.00. The van der Waals surface area contributed by atoms with E-state index in [4.69, 9.17) is 0 Å². The van der Waals surface area contributed by atoms with Crippen LogP contribution in [0.1, 0.15) is 43.9 Å². The lowest BCUT2D eigenvalue weighted by Gasteiger charge is -2.17. The van der Waals surface area contributed by atoms with Gasteiger partial charge < -0.3 is 0 Å². The molecule has 0 spiro atoms. The molecule has 1 fully saturated rings. The highest BCUT2D eigenvalue weighted by molar-refractivity contribution is 8.01. The van der Waals surface area contributed by atoms with Crippen molar-refractivity contribution in [3.63, 3.8) is 0 Å². The summed E-state index contributed by atoms with van der Waals surface area (Å²) in [7, 11) is 0. The summed E-state index contributed by atoms with van der Waals surface area (Å²) in [6.07, 6.45) is 2.47. The van der Waals surface area contributed by atoms with Gasteiger partial charge in [-0.3, -0.25) is 19.8 Å². The van der Waals surface area contributed by atoms with Crippen LogP contribution < -0.4 is 4.90 Å². The Morgan fingerprint density at radius 2 is 2.24 bits per heavy atom. The standard InChI is InChI=1S/C16H18N4O3S2/c1-3-14(21)19(12-7-8-12)15-17-18-16(25-15)24-10(2)11-5-4-6-13(9-11)20(22)23/h4-6,9-10,12H,3,7-8H2,1-2H3/t10-/m1/s1. The van der Waals surface area contributed by atoms with Crippen molar-refractivity contribution < 1.29 is 9.72 Å². The molecule has 1 heterocycles. The van der Waals surface area contributed by atoms with E-state index in [1.54, 1.807) is 17.0 Å². The molecule has 132 valence electrons. The highest BCUT2D eigenvalue weighted by atomic mass is 32.2. The predicted octanol–water partition coefficient (Wildman–Crippen LogP) is 4.21. The summed E-state index contributed by atoms with van der Waals surface area (Å²) in [6.45, 7) is 3.82. The third-order valence-corrected chi connectivity index (χ3v) is 6.08. The molecular formula is C16H18N4O3S2. The molecule has 1 aromatic heterocycles. The average Bonchev–Trinajstić information content (AvgIpc) is 3.34. The molecule has 2 aromatic rings. The van der Waals surface area contributed by atoms with Gasteiger partial charge in [0.1, 0.15) is 0 Å². The molecule has 25 heavy (non-hydrogen) atoms. The maximum atomic E-state index is 12.1. The van der Waals surface area contributed by atoms with Crippen LogP contribution in [0.4, 0.5) is 10.8 Å². The summed E-state index contributed by atoms with van der Waals surface area (Å²) in [4.78, 5) is 24.4. The van der Waals surface area contributed by atoms with Crippen LogP contribution in [0.25, 0.3) is 0 Å². The lowest BCUT2D eigenvalue weighted by atomic mass is 10.1. The zero-order valence-electron chi connectivity index (χ0n) is 13.9. The van der Waals surface area contributed by atoms with Crippen LogP contribution in [-0.2, 0) is 4.79 Å². The monoisotopic (exact) mass is 378 g/mol. The van der Waals surface area contributed by atoms with Crippen LogP contribution in [0.3, 0.4) is 0 Å². The van der Waals surface area contributed by atoms with Gasteiger partial charge in [0.15, 0.2) is 4.34 Å². The molecule has 1 aromatic carbocycles. The molecule has 0 bridgehead atoms. The van der Waals surface area contributed by atoms with E-state index in [1.807, 2.05) is 19.9 Å². The van der Waals surface area contributed by atoms with Gasteiger partial charge in [-0.15, -0.1) is 10.2 Å². The number of hydrogen-bond acceptors (Lipinski definition) is 7. The molecule has 0 unspecified atom stereocenters. The Labute approximate surface area is 153 Å². The maximum absolute atomic E-state index is 12.1. The molecule has 1 atom stereocenters. The maximum Gasteiger partial charge on any atom is 0.269 e. The Kier molecular flexibility index (Phi) is 5.33. The van der Waals surface area contributed by atoms with Gasteiger partial charge in [0.2, 0.25) is 11.0 Å². The number of thioether (sulfide) groups is 1. The lowest BCUT2D eigenvalue weighted by Crippen LogP contribution is -2.32. The number of amides is 1. The summed E-state index contributed by atoms with van der Waals surface area (Å²) >= 11 is 2.89. The number of carbonyl (C=O) groups is 1. The number of carbonyl (C=O) groups excluding carboxylic acids is 1. The predicted molar refractivity (Wildman–Crippen MR) is 98.1 cm³/mol. The third kappa shape index (κ3) is 4.16. The second kappa shape index (κ2) is 7.49. The van der Waals surface area contributed by atoms with Crippen molar-refractivity contribution in [2.24, 2.45) is 0 Å². The van der Waals surface area contributed by atoms with E-state index in [-0.39, 0.29) is 22.9 Å². The van der Waals surface area contributed by atoms with E-state index in [1.165, 1.54) is 29.2 Å². The first kappa shape index (κ1) is 17.8. The molecule has 0 aliphatic heterocycles. The van der Waals surface area contributed by atoms with Crippen molar-refractivity contribution in [3.05, 3.63) is 39.9 Å². The lowest BCUT2D eigenvalue weighted by molar-refractivity contribution is -0.384. The van der Waals surface area contributed by atoms with Gasteiger partial charge in [-0.2, -0.15) is 0 Å². The molecule has 1 aliphatic rings. The molecule has 0 radical (unpaired) electrons. The van der Waals surface area contributed by atoms with Gasteiger partial charge in [0.05, 0.1) is 4.92 Å². The number of nitrogens with zero attached hydrogens (tertiary/aromatic N) is 4. The van der Waals surface area contributed by atoms with Gasteiger partial charge in [0, 0.05) is 29.8 Å². The molecule has 9 heteroatoms. The number of non-ortho nitro benzene ring substituents is 1. The summed E-state index contributed by atoms with van der Waals surface area (Å²) in [5.74, 6) is 0.0712. The van der Waals surface area contributed by atoms with Gasteiger partial charge in [0.25, 0.3) is 5.69 Å². The quantitative estimate of drug-likeness (QED) is 0.310. The first-order chi connectivity index (χ1) is 12.0. The van der Waals surface area contributed by atoms with Gasteiger partial charge in [-0.25, -0.2) is 0 Å². The Morgan fingerprint density at radius 1 is 1.48 bits per heavy atom. The minimum atomic E-state index is -0.395. The van der Waals surface area contributed by atoms with Crippen LogP contribution >= 0.6 is 23.1 Å². The van der Waals surface area contributed by atoms with E-state index >= 15 is 0 Å². The van der Waals surface area contributed by atoms with Crippen LogP contribution in [0.2, 0.25) is 0 Å². The number of aromatic nitrogens is 2.